The summed E-state index contributed by atoms with van der Waals surface area (Å²) in [5.74, 6) is -4.74. The normalized spacial score (nSPS) is 15.0. The molecule has 0 aromatic heterocycles. The molecule has 0 amide bonds. The van der Waals surface area contributed by atoms with Gasteiger partial charge in [0.25, 0.3) is 0 Å². The summed E-state index contributed by atoms with van der Waals surface area (Å²) in [6.45, 7) is 0. The van der Waals surface area contributed by atoms with Crippen LogP contribution < -0.4 is 0 Å². The van der Waals surface area contributed by atoms with Gasteiger partial charge >= 0.3 is 8.25 Å². The number of hydrogen-bond acceptors (Lipinski definition) is 3. The Bertz CT molecular complexity index is 375. The zero-order valence-corrected chi connectivity index (χ0v) is 8.08. The van der Waals surface area contributed by atoms with E-state index < -0.39 is 37.6 Å². The molecule has 1 aromatic carbocycles. The molecule has 0 spiro atoms. The molecule has 0 radical (unpaired) electrons. The molecule has 1 rings (SSSR count). The summed E-state index contributed by atoms with van der Waals surface area (Å²) >= 11 is 0. The Balaban J connectivity index is 3.00. The first kappa shape index (κ1) is 12.2. The van der Waals surface area contributed by atoms with Crippen LogP contribution in [0.25, 0.3) is 0 Å². The van der Waals surface area contributed by atoms with Crippen LogP contribution in [-0.2, 0) is 9.09 Å². The minimum Gasteiger partial charge on any atom is -0.364 e. The number of aliphatic hydroxyl groups is 1. The molecule has 0 aliphatic rings. The van der Waals surface area contributed by atoms with E-state index in [1.807, 2.05) is 0 Å². The van der Waals surface area contributed by atoms with Gasteiger partial charge in [-0.05, 0) is 12.1 Å². The fraction of sp³-hybridized carbons (Fsp3) is 0.143. The maximum atomic E-state index is 12.6. The summed E-state index contributed by atoms with van der Waals surface area (Å²) in [4.78, 5) is 8.28. The largest absolute Gasteiger partial charge is 0.364 e. The van der Waals surface area contributed by atoms with Crippen LogP contribution in [0, 0.1) is 17.5 Å². The standard InChI is InChI=1S/C7H6F3O4P/c8-4-1-3(2-5(9)6(4)10)7(11)14-15(12)13/h1-2,7,11,15H,(H,12,13). The lowest BCUT2D eigenvalue weighted by Gasteiger charge is -2.09. The van der Waals surface area contributed by atoms with E-state index in [4.69, 9.17) is 10.00 Å². The molecule has 2 atom stereocenters. The van der Waals surface area contributed by atoms with Crippen molar-refractivity contribution >= 4 is 8.25 Å². The zero-order chi connectivity index (χ0) is 11.6. The maximum absolute atomic E-state index is 12.6. The van der Waals surface area contributed by atoms with Crippen LogP contribution in [0.15, 0.2) is 12.1 Å². The summed E-state index contributed by atoms with van der Waals surface area (Å²) in [6, 6.07) is 0.932. The van der Waals surface area contributed by atoms with Crippen LogP contribution in [0.3, 0.4) is 0 Å². The Morgan fingerprint density at radius 2 is 1.73 bits per heavy atom. The molecule has 0 saturated heterocycles. The topological polar surface area (TPSA) is 66.8 Å². The third kappa shape index (κ3) is 3.04. The zero-order valence-electron chi connectivity index (χ0n) is 7.08. The fourth-order valence-electron chi connectivity index (χ4n) is 0.881. The number of benzene rings is 1. The van der Waals surface area contributed by atoms with E-state index >= 15 is 0 Å². The van der Waals surface area contributed by atoms with E-state index in [1.165, 1.54) is 0 Å². The lowest BCUT2D eigenvalue weighted by molar-refractivity contribution is -0.0213. The van der Waals surface area contributed by atoms with Gasteiger partial charge in [0, 0.05) is 5.56 Å². The molecule has 15 heavy (non-hydrogen) atoms. The first-order valence-electron chi connectivity index (χ1n) is 3.64. The Hall–Kier alpha value is -0.880. The quantitative estimate of drug-likeness (QED) is 0.478. The molecule has 0 aliphatic heterocycles. The second kappa shape index (κ2) is 4.76. The van der Waals surface area contributed by atoms with Crippen molar-refractivity contribution in [3.63, 3.8) is 0 Å². The van der Waals surface area contributed by atoms with Crippen LogP contribution in [0.5, 0.6) is 0 Å². The molecule has 2 N–H and O–H groups in total. The monoisotopic (exact) mass is 242 g/mol. The molecule has 84 valence electrons. The first-order valence-corrected chi connectivity index (χ1v) is 4.90. The van der Waals surface area contributed by atoms with Gasteiger partial charge in [-0.2, -0.15) is 0 Å². The summed E-state index contributed by atoms with van der Waals surface area (Å²) in [5, 5.41) is 9.02. The summed E-state index contributed by atoms with van der Waals surface area (Å²) < 4.78 is 51.9. The lowest BCUT2D eigenvalue weighted by atomic mass is 10.2. The molecule has 0 heterocycles. The van der Waals surface area contributed by atoms with Crippen molar-refractivity contribution in [2.45, 2.75) is 6.29 Å². The minimum absolute atomic E-state index is 0.466. The van der Waals surface area contributed by atoms with Crippen molar-refractivity contribution in [1.29, 1.82) is 0 Å². The number of rotatable bonds is 3. The van der Waals surface area contributed by atoms with Gasteiger partial charge in [0.05, 0.1) is 0 Å². The predicted octanol–water partition coefficient (Wildman–Crippen LogP) is 1.49. The highest BCUT2D eigenvalue weighted by atomic mass is 31.1. The summed E-state index contributed by atoms with van der Waals surface area (Å²) in [7, 11) is -3.45. The van der Waals surface area contributed by atoms with Gasteiger partial charge in [0.15, 0.2) is 23.7 Å². The van der Waals surface area contributed by atoms with Crippen LogP contribution in [0.1, 0.15) is 11.9 Å². The average molecular weight is 242 g/mol. The minimum atomic E-state index is -3.45. The van der Waals surface area contributed by atoms with Crippen LogP contribution in [0.4, 0.5) is 13.2 Å². The molecule has 0 aliphatic carbocycles. The molecule has 2 unspecified atom stereocenters. The Morgan fingerprint density at radius 1 is 1.27 bits per heavy atom. The predicted molar refractivity (Wildman–Crippen MR) is 43.6 cm³/mol. The van der Waals surface area contributed by atoms with Crippen molar-refractivity contribution in [3.05, 3.63) is 35.1 Å². The van der Waals surface area contributed by atoms with E-state index in [9.17, 15) is 17.7 Å². The average Bonchev–Trinajstić information content (AvgIpc) is 2.12. The second-order valence-corrected chi connectivity index (χ2v) is 3.30. The van der Waals surface area contributed by atoms with Gasteiger partial charge in [-0.1, -0.05) is 0 Å². The van der Waals surface area contributed by atoms with E-state index in [-0.39, 0.29) is 0 Å². The highest BCUT2D eigenvalue weighted by molar-refractivity contribution is 7.32. The van der Waals surface area contributed by atoms with Crippen LogP contribution in [0.2, 0.25) is 0 Å². The Morgan fingerprint density at radius 3 is 2.13 bits per heavy atom. The smallest absolute Gasteiger partial charge is 0.319 e. The van der Waals surface area contributed by atoms with Crippen molar-refractivity contribution < 1.29 is 32.3 Å². The van der Waals surface area contributed by atoms with Crippen molar-refractivity contribution in [2.24, 2.45) is 0 Å². The maximum Gasteiger partial charge on any atom is 0.319 e. The van der Waals surface area contributed by atoms with Crippen molar-refractivity contribution in [1.82, 2.24) is 0 Å². The van der Waals surface area contributed by atoms with Gasteiger partial charge in [0.1, 0.15) is 0 Å². The van der Waals surface area contributed by atoms with Crippen molar-refractivity contribution in [3.8, 4) is 0 Å². The number of aliphatic hydroxyl groups excluding tert-OH is 1. The van der Waals surface area contributed by atoms with E-state index in [2.05, 4.69) is 4.52 Å². The van der Waals surface area contributed by atoms with E-state index in [1.54, 1.807) is 0 Å². The second-order valence-electron chi connectivity index (χ2n) is 2.53. The lowest BCUT2D eigenvalue weighted by Crippen LogP contribution is -2.02. The van der Waals surface area contributed by atoms with Gasteiger partial charge in [-0.3, -0.25) is 9.09 Å². The summed E-state index contributed by atoms with van der Waals surface area (Å²) in [5.41, 5.74) is -0.487. The molecule has 0 fully saturated rings. The molecule has 4 nitrogen and oxygen atoms in total. The number of hydrogen-bond donors (Lipinski definition) is 2. The SMILES string of the molecule is O=[PH](O)OC(O)c1cc(F)c(F)c(F)c1. The third-order valence-electron chi connectivity index (χ3n) is 1.50. The Kier molecular flexibility index (Phi) is 3.87. The fourth-order valence-corrected chi connectivity index (χ4v) is 1.21. The highest BCUT2D eigenvalue weighted by Gasteiger charge is 2.17. The summed E-state index contributed by atoms with van der Waals surface area (Å²) in [6.07, 6.45) is -1.98. The molecule has 1 aromatic rings. The first-order chi connectivity index (χ1) is 6.91. The molecular formula is C7H6F3O4P. The van der Waals surface area contributed by atoms with Crippen LogP contribution >= 0.6 is 8.25 Å². The third-order valence-corrected chi connectivity index (χ3v) is 1.93. The molecule has 0 bridgehead atoms. The highest BCUT2D eigenvalue weighted by Crippen LogP contribution is 2.28. The number of halogens is 3. The van der Waals surface area contributed by atoms with Gasteiger partial charge in [0.2, 0.25) is 0 Å². The molecule has 0 saturated carbocycles. The Labute approximate surface area is 82.9 Å². The van der Waals surface area contributed by atoms with Crippen molar-refractivity contribution in [2.75, 3.05) is 0 Å². The van der Waals surface area contributed by atoms with Gasteiger partial charge < -0.3 is 10.00 Å². The van der Waals surface area contributed by atoms with E-state index in [0.29, 0.717) is 12.1 Å². The molecular weight excluding hydrogens is 236 g/mol. The van der Waals surface area contributed by atoms with Crippen LogP contribution in [-0.4, -0.2) is 10.00 Å². The van der Waals surface area contributed by atoms with E-state index in [0.717, 1.165) is 0 Å². The molecule has 8 heteroatoms. The van der Waals surface area contributed by atoms with Gasteiger partial charge in [-0.25, -0.2) is 13.2 Å². The van der Waals surface area contributed by atoms with Gasteiger partial charge in [-0.15, -0.1) is 0 Å².